The van der Waals surface area contributed by atoms with Crippen molar-refractivity contribution in [3.63, 3.8) is 0 Å². The highest BCUT2D eigenvalue weighted by Gasteiger charge is 2.15. The fraction of sp³-hybridized carbons (Fsp3) is 1.00. The average Bonchev–Trinajstić information content (AvgIpc) is 2.00. The molecule has 0 amide bonds. The van der Waals surface area contributed by atoms with Crippen molar-refractivity contribution in [1.29, 1.82) is 0 Å². The molecule has 5 heteroatoms. The van der Waals surface area contributed by atoms with Gasteiger partial charge in [0.1, 0.15) is 0 Å². The summed E-state index contributed by atoms with van der Waals surface area (Å²) in [6.45, 7) is 5.83. The second-order valence-electron chi connectivity index (χ2n) is 3.20. The van der Waals surface area contributed by atoms with E-state index in [-0.39, 0.29) is 5.25 Å². The van der Waals surface area contributed by atoms with Gasteiger partial charge in [0, 0.05) is 11.9 Å². The van der Waals surface area contributed by atoms with Gasteiger partial charge in [-0.15, -0.1) is 0 Å². The summed E-state index contributed by atoms with van der Waals surface area (Å²) in [5.74, 6) is 0.332. The lowest BCUT2D eigenvalue weighted by atomic mass is 10.2. The van der Waals surface area contributed by atoms with Gasteiger partial charge in [-0.05, 0) is 19.8 Å². The molecule has 0 fully saturated rings. The van der Waals surface area contributed by atoms with Gasteiger partial charge in [0.2, 0.25) is 10.0 Å². The van der Waals surface area contributed by atoms with Crippen molar-refractivity contribution in [1.82, 2.24) is 4.72 Å². The van der Waals surface area contributed by atoms with Gasteiger partial charge in [0.05, 0.1) is 5.25 Å². The van der Waals surface area contributed by atoms with Gasteiger partial charge in [-0.3, -0.25) is 0 Å². The second kappa shape index (κ2) is 5.19. The zero-order valence-electron chi connectivity index (χ0n) is 7.67. The van der Waals surface area contributed by atoms with Crippen LogP contribution in [0.2, 0.25) is 0 Å². The van der Waals surface area contributed by atoms with Crippen LogP contribution in [0.15, 0.2) is 0 Å². The van der Waals surface area contributed by atoms with Crippen LogP contribution < -0.4 is 4.72 Å². The van der Waals surface area contributed by atoms with Crippen molar-refractivity contribution in [3.05, 3.63) is 0 Å². The van der Waals surface area contributed by atoms with Crippen molar-refractivity contribution in [3.8, 4) is 0 Å². The first-order chi connectivity index (χ1) is 5.40. The lowest BCUT2D eigenvalue weighted by molar-refractivity contribution is 0.555. The molecule has 0 aliphatic heterocycles. The van der Waals surface area contributed by atoms with Gasteiger partial charge in [-0.2, -0.15) is 0 Å². The molecule has 0 saturated carbocycles. The SMILES string of the molecule is CC(CBr)CNS(=O)(=O)C(C)C. The molecule has 0 aromatic carbocycles. The first-order valence-corrected chi connectivity index (χ1v) is 6.61. The normalized spacial score (nSPS) is 15.1. The molecule has 1 atom stereocenters. The van der Waals surface area contributed by atoms with Crippen LogP contribution in [0.1, 0.15) is 20.8 Å². The lowest BCUT2D eigenvalue weighted by Crippen LogP contribution is -2.34. The number of halogens is 1. The van der Waals surface area contributed by atoms with Gasteiger partial charge >= 0.3 is 0 Å². The zero-order valence-corrected chi connectivity index (χ0v) is 10.1. The molecule has 0 aromatic rings. The van der Waals surface area contributed by atoms with Crippen molar-refractivity contribution in [2.24, 2.45) is 5.92 Å². The maximum Gasteiger partial charge on any atom is 0.213 e. The number of hydrogen-bond acceptors (Lipinski definition) is 2. The number of alkyl halides is 1. The molecule has 0 radical (unpaired) electrons. The fourth-order valence-electron chi connectivity index (χ4n) is 0.480. The van der Waals surface area contributed by atoms with Crippen LogP contribution in [0, 0.1) is 5.92 Å². The predicted octanol–water partition coefficient (Wildman–Crippen LogP) is 1.35. The van der Waals surface area contributed by atoms with E-state index in [4.69, 9.17) is 0 Å². The largest absolute Gasteiger partial charge is 0.215 e. The molecular formula is C7H16BrNO2S. The lowest BCUT2D eigenvalue weighted by Gasteiger charge is -2.12. The van der Waals surface area contributed by atoms with Crippen molar-refractivity contribution in [2.45, 2.75) is 26.0 Å². The molecule has 0 rings (SSSR count). The molecule has 3 nitrogen and oxygen atoms in total. The van der Waals surface area contributed by atoms with Gasteiger partial charge in [0.15, 0.2) is 0 Å². The maximum atomic E-state index is 11.2. The van der Waals surface area contributed by atoms with Crippen LogP contribution in [0.3, 0.4) is 0 Å². The van der Waals surface area contributed by atoms with Crippen LogP contribution in [-0.4, -0.2) is 25.5 Å². The molecule has 0 aliphatic carbocycles. The highest BCUT2D eigenvalue weighted by molar-refractivity contribution is 9.09. The average molecular weight is 258 g/mol. The summed E-state index contributed by atoms with van der Waals surface area (Å²) in [5, 5.41) is 0.466. The van der Waals surface area contributed by atoms with E-state index >= 15 is 0 Å². The summed E-state index contributed by atoms with van der Waals surface area (Å²) in [6, 6.07) is 0. The number of rotatable bonds is 5. The molecular weight excluding hydrogens is 242 g/mol. The number of sulfonamides is 1. The van der Waals surface area contributed by atoms with Gasteiger partial charge in [0.25, 0.3) is 0 Å². The molecule has 0 aromatic heterocycles. The minimum absolute atomic E-state index is 0.332. The Morgan fingerprint density at radius 3 is 2.17 bits per heavy atom. The topological polar surface area (TPSA) is 46.2 Å². The highest BCUT2D eigenvalue weighted by Crippen LogP contribution is 2.01. The van der Waals surface area contributed by atoms with Crippen LogP contribution in [0.5, 0.6) is 0 Å². The quantitative estimate of drug-likeness (QED) is 0.756. The van der Waals surface area contributed by atoms with Gasteiger partial charge in [-0.1, -0.05) is 22.9 Å². The summed E-state index contributed by atoms with van der Waals surface area (Å²) < 4.78 is 25.0. The van der Waals surface area contributed by atoms with E-state index in [1.165, 1.54) is 0 Å². The molecule has 12 heavy (non-hydrogen) atoms. The van der Waals surface area contributed by atoms with E-state index in [0.717, 1.165) is 5.33 Å². The number of hydrogen-bond donors (Lipinski definition) is 1. The van der Waals surface area contributed by atoms with E-state index in [2.05, 4.69) is 20.7 Å². The molecule has 0 spiro atoms. The number of nitrogens with one attached hydrogen (secondary N) is 1. The maximum absolute atomic E-state index is 11.2. The van der Waals surface area contributed by atoms with E-state index < -0.39 is 10.0 Å². The smallest absolute Gasteiger partial charge is 0.213 e. The summed E-state index contributed by atoms with van der Waals surface area (Å²) in [7, 11) is -3.07. The van der Waals surface area contributed by atoms with Crippen molar-refractivity contribution >= 4 is 26.0 Å². The van der Waals surface area contributed by atoms with E-state index in [9.17, 15) is 8.42 Å². The third-order valence-electron chi connectivity index (χ3n) is 1.52. The Kier molecular flexibility index (Phi) is 5.36. The van der Waals surface area contributed by atoms with Crippen molar-refractivity contribution < 1.29 is 8.42 Å². The first kappa shape index (κ1) is 12.4. The third kappa shape index (κ3) is 4.42. The Hall–Kier alpha value is 0.390. The molecule has 74 valence electrons. The van der Waals surface area contributed by atoms with Crippen molar-refractivity contribution in [2.75, 3.05) is 11.9 Å². The zero-order chi connectivity index (χ0) is 9.78. The molecule has 1 N–H and O–H groups in total. The predicted molar refractivity (Wildman–Crippen MR) is 55.0 cm³/mol. The third-order valence-corrected chi connectivity index (χ3v) is 4.43. The summed E-state index contributed by atoms with van der Waals surface area (Å²) in [4.78, 5) is 0. The minimum Gasteiger partial charge on any atom is -0.215 e. The molecule has 0 heterocycles. The van der Waals surface area contributed by atoms with Crippen LogP contribution in [-0.2, 0) is 10.0 Å². The second-order valence-corrected chi connectivity index (χ2v) is 6.17. The van der Waals surface area contributed by atoms with Crippen LogP contribution in [0.4, 0.5) is 0 Å². The minimum atomic E-state index is -3.07. The standard InChI is InChI=1S/C7H16BrNO2S/c1-6(2)12(10,11)9-5-7(3)4-8/h6-7,9H,4-5H2,1-3H3. The molecule has 0 aliphatic rings. The highest BCUT2D eigenvalue weighted by atomic mass is 79.9. The summed E-state index contributed by atoms with van der Waals surface area (Å²) in [6.07, 6.45) is 0. The van der Waals surface area contributed by atoms with Crippen LogP contribution in [0.25, 0.3) is 0 Å². The Bertz CT molecular complexity index is 213. The molecule has 0 bridgehead atoms. The Morgan fingerprint density at radius 1 is 1.33 bits per heavy atom. The summed E-state index contributed by atoms with van der Waals surface area (Å²) in [5.41, 5.74) is 0. The monoisotopic (exact) mass is 257 g/mol. The Labute approximate surface area is 83.1 Å². The fourth-order valence-corrected chi connectivity index (χ4v) is 1.56. The summed E-state index contributed by atoms with van der Waals surface area (Å²) >= 11 is 3.28. The molecule has 0 saturated heterocycles. The Balaban J connectivity index is 3.94. The van der Waals surface area contributed by atoms with Gasteiger partial charge < -0.3 is 0 Å². The first-order valence-electron chi connectivity index (χ1n) is 3.94. The molecule has 1 unspecified atom stereocenters. The van der Waals surface area contributed by atoms with E-state index in [1.807, 2.05) is 6.92 Å². The Morgan fingerprint density at radius 2 is 1.83 bits per heavy atom. The van der Waals surface area contributed by atoms with Gasteiger partial charge in [-0.25, -0.2) is 13.1 Å². The van der Waals surface area contributed by atoms with Crippen LogP contribution >= 0.6 is 15.9 Å². The van der Waals surface area contributed by atoms with E-state index in [0.29, 0.717) is 12.5 Å². The van der Waals surface area contributed by atoms with E-state index in [1.54, 1.807) is 13.8 Å².